The van der Waals surface area contributed by atoms with Gasteiger partial charge in [-0.3, -0.25) is 24.0 Å². The summed E-state index contributed by atoms with van der Waals surface area (Å²) in [6, 6.07) is -4.81. The van der Waals surface area contributed by atoms with Gasteiger partial charge in [0.1, 0.15) is 18.1 Å². The number of carboxylic acid groups (broad SMARTS) is 3. The van der Waals surface area contributed by atoms with Gasteiger partial charge in [0.15, 0.2) is 0 Å². The zero-order chi connectivity index (χ0) is 24.8. The van der Waals surface area contributed by atoms with Crippen molar-refractivity contribution in [2.24, 2.45) is 5.73 Å². The van der Waals surface area contributed by atoms with Crippen LogP contribution in [0, 0.1) is 0 Å². The molecular weight excluding hydrogens is 448 g/mol. The highest BCUT2D eigenvalue weighted by atomic mass is 32.2. The number of nitrogens with one attached hydrogen (secondary N) is 3. The zero-order valence-corrected chi connectivity index (χ0v) is 18.6. The lowest BCUT2D eigenvalue weighted by Gasteiger charge is -2.23. The Kier molecular flexibility index (Phi) is 13.7. The number of carbonyl (C=O) groups is 6. The lowest BCUT2D eigenvalue weighted by molar-refractivity contribution is -0.143. The van der Waals surface area contributed by atoms with Crippen LogP contribution in [0.15, 0.2) is 0 Å². The van der Waals surface area contributed by atoms with Gasteiger partial charge in [-0.25, -0.2) is 4.79 Å². The molecule has 182 valence electrons. The summed E-state index contributed by atoms with van der Waals surface area (Å²) in [6.45, 7) is 1.34. The Morgan fingerprint density at radius 2 is 1.31 bits per heavy atom. The summed E-state index contributed by atoms with van der Waals surface area (Å²) < 4.78 is 0. The molecule has 8 N–H and O–H groups in total. The molecule has 0 fully saturated rings. The molecule has 0 radical (unpaired) electrons. The number of rotatable bonds is 16. The molecule has 14 heteroatoms. The van der Waals surface area contributed by atoms with Crippen LogP contribution >= 0.6 is 11.8 Å². The monoisotopic (exact) mass is 478 g/mol. The first-order valence-corrected chi connectivity index (χ1v) is 11.1. The molecule has 0 saturated heterocycles. The van der Waals surface area contributed by atoms with Gasteiger partial charge in [0.2, 0.25) is 17.7 Å². The fraction of sp³-hybridized carbons (Fsp3) is 0.667. The fourth-order valence-electron chi connectivity index (χ4n) is 2.39. The van der Waals surface area contributed by atoms with Crippen LogP contribution in [0.1, 0.15) is 39.0 Å². The molecule has 4 atom stereocenters. The second-order valence-electron chi connectivity index (χ2n) is 6.94. The second kappa shape index (κ2) is 15.0. The van der Waals surface area contributed by atoms with Gasteiger partial charge in [-0.1, -0.05) is 0 Å². The van der Waals surface area contributed by atoms with Crippen molar-refractivity contribution >= 4 is 47.4 Å². The number of thioether (sulfide) groups is 1. The Bertz CT molecular complexity index is 704. The molecule has 0 spiro atoms. The van der Waals surface area contributed by atoms with Crippen LogP contribution in [0.2, 0.25) is 0 Å². The Morgan fingerprint density at radius 3 is 1.81 bits per heavy atom. The van der Waals surface area contributed by atoms with Crippen molar-refractivity contribution in [1.29, 1.82) is 0 Å². The third kappa shape index (κ3) is 12.1. The van der Waals surface area contributed by atoms with Gasteiger partial charge in [0, 0.05) is 12.8 Å². The molecule has 0 aromatic rings. The number of carbonyl (C=O) groups excluding carboxylic acids is 3. The quantitative estimate of drug-likeness (QED) is 0.133. The van der Waals surface area contributed by atoms with E-state index >= 15 is 0 Å². The number of nitrogens with two attached hydrogens (primary N) is 1. The molecule has 32 heavy (non-hydrogen) atoms. The second-order valence-corrected chi connectivity index (χ2v) is 7.93. The molecular formula is C18H30N4O9S. The average molecular weight is 479 g/mol. The minimum atomic E-state index is -1.45. The van der Waals surface area contributed by atoms with Crippen LogP contribution in [-0.2, 0) is 28.8 Å². The lowest BCUT2D eigenvalue weighted by Crippen LogP contribution is -2.56. The topological polar surface area (TPSA) is 225 Å². The molecule has 13 nitrogen and oxygen atoms in total. The van der Waals surface area contributed by atoms with Gasteiger partial charge in [-0.15, -0.1) is 0 Å². The maximum absolute atomic E-state index is 12.5. The third-order valence-corrected chi connectivity index (χ3v) is 4.91. The van der Waals surface area contributed by atoms with Crippen molar-refractivity contribution in [3.63, 3.8) is 0 Å². The molecule has 0 bridgehead atoms. The van der Waals surface area contributed by atoms with E-state index in [0.29, 0.717) is 5.75 Å². The Balaban J connectivity index is 5.04. The van der Waals surface area contributed by atoms with E-state index in [1.807, 2.05) is 0 Å². The third-order valence-electron chi connectivity index (χ3n) is 4.26. The number of carboxylic acids is 3. The predicted molar refractivity (Wildman–Crippen MR) is 114 cm³/mol. The molecule has 3 amide bonds. The number of hydrogen-bond acceptors (Lipinski definition) is 8. The summed E-state index contributed by atoms with van der Waals surface area (Å²) in [7, 11) is 0. The van der Waals surface area contributed by atoms with E-state index in [4.69, 9.17) is 15.9 Å². The number of amides is 3. The van der Waals surface area contributed by atoms with Gasteiger partial charge < -0.3 is 37.0 Å². The summed E-state index contributed by atoms with van der Waals surface area (Å²) >= 11 is 1.38. The minimum absolute atomic E-state index is 0.124. The van der Waals surface area contributed by atoms with Crippen LogP contribution in [0.4, 0.5) is 0 Å². The van der Waals surface area contributed by atoms with Crippen molar-refractivity contribution in [3.05, 3.63) is 0 Å². The first-order chi connectivity index (χ1) is 14.9. The predicted octanol–water partition coefficient (Wildman–Crippen LogP) is -1.64. The zero-order valence-electron chi connectivity index (χ0n) is 17.8. The summed E-state index contributed by atoms with van der Waals surface area (Å²) in [5, 5.41) is 33.5. The Hall–Kier alpha value is -2.87. The molecule has 0 aliphatic rings. The molecule has 0 aromatic heterocycles. The lowest BCUT2D eigenvalue weighted by atomic mass is 10.1. The SMILES string of the molecule is CSCCC(NC(=O)C(C)NC(=O)C(N)CCC(=O)O)C(=O)NC(CCC(=O)O)C(=O)O. The summed E-state index contributed by atoms with van der Waals surface area (Å²) in [5.41, 5.74) is 5.59. The van der Waals surface area contributed by atoms with Crippen molar-refractivity contribution in [1.82, 2.24) is 16.0 Å². The standard InChI is InChI=1S/C18H30N4O9S/c1-9(20-16(28)10(19)3-5-13(23)24)15(27)21-11(7-8-32-2)17(29)22-12(18(30)31)4-6-14(25)26/h9-12H,3-8,19H2,1-2H3,(H,20,28)(H,21,27)(H,22,29)(H,23,24)(H,25,26)(H,30,31). The maximum Gasteiger partial charge on any atom is 0.326 e. The minimum Gasteiger partial charge on any atom is -0.481 e. The van der Waals surface area contributed by atoms with Crippen LogP contribution in [0.25, 0.3) is 0 Å². The van der Waals surface area contributed by atoms with E-state index in [1.54, 1.807) is 6.26 Å². The smallest absolute Gasteiger partial charge is 0.326 e. The van der Waals surface area contributed by atoms with Crippen molar-refractivity contribution in [2.45, 2.75) is 63.2 Å². The van der Waals surface area contributed by atoms with Crippen LogP contribution in [0.3, 0.4) is 0 Å². The summed E-state index contributed by atoms with van der Waals surface area (Å²) in [4.78, 5) is 69.5. The number of aliphatic carboxylic acids is 3. The van der Waals surface area contributed by atoms with Crippen LogP contribution in [-0.4, -0.2) is 87.1 Å². The molecule has 4 unspecified atom stereocenters. The van der Waals surface area contributed by atoms with Crippen molar-refractivity contribution < 1.29 is 44.1 Å². The van der Waals surface area contributed by atoms with Gasteiger partial charge in [0.05, 0.1) is 6.04 Å². The van der Waals surface area contributed by atoms with E-state index < -0.39 is 66.2 Å². The summed E-state index contributed by atoms with van der Waals surface area (Å²) in [5.74, 6) is -5.58. The van der Waals surface area contributed by atoms with E-state index in [1.165, 1.54) is 18.7 Å². The fourth-order valence-corrected chi connectivity index (χ4v) is 2.87. The molecule has 0 aliphatic carbocycles. The van der Waals surface area contributed by atoms with E-state index in [9.17, 15) is 33.9 Å². The van der Waals surface area contributed by atoms with Gasteiger partial charge in [-0.05, 0) is 38.2 Å². The first kappa shape index (κ1) is 29.1. The molecule has 0 aromatic carbocycles. The van der Waals surface area contributed by atoms with Crippen molar-refractivity contribution in [3.8, 4) is 0 Å². The Morgan fingerprint density at radius 1 is 0.781 bits per heavy atom. The van der Waals surface area contributed by atoms with Gasteiger partial charge >= 0.3 is 17.9 Å². The normalized spacial score (nSPS) is 14.3. The highest BCUT2D eigenvalue weighted by Gasteiger charge is 2.28. The van der Waals surface area contributed by atoms with E-state index in [-0.39, 0.29) is 25.7 Å². The first-order valence-electron chi connectivity index (χ1n) is 9.71. The number of hydrogen-bond donors (Lipinski definition) is 7. The Labute approximate surface area is 188 Å². The highest BCUT2D eigenvalue weighted by molar-refractivity contribution is 7.98. The van der Waals surface area contributed by atoms with Crippen LogP contribution in [0.5, 0.6) is 0 Å². The van der Waals surface area contributed by atoms with Crippen LogP contribution < -0.4 is 21.7 Å². The van der Waals surface area contributed by atoms with Gasteiger partial charge in [0.25, 0.3) is 0 Å². The maximum atomic E-state index is 12.5. The highest BCUT2D eigenvalue weighted by Crippen LogP contribution is 2.05. The molecule has 0 saturated carbocycles. The molecule has 0 aliphatic heterocycles. The van der Waals surface area contributed by atoms with E-state index in [2.05, 4.69) is 16.0 Å². The molecule has 0 heterocycles. The largest absolute Gasteiger partial charge is 0.481 e. The van der Waals surface area contributed by atoms with E-state index in [0.717, 1.165) is 0 Å². The molecule has 0 rings (SSSR count). The summed E-state index contributed by atoms with van der Waals surface area (Å²) in [6.07, 6.45) is 0.679. The van der Waals surface area contributed by atoms with Crippen molar-refractivity contribution in [2.75, 3.05) is 12.0 Å². The average Bonchev–Trinajstić information content (AvgIpc) is 2.71. The van der Waals surface area contributed by atoms with Gasteiger partial charge in [-0.2, -0.15) is 11.8 Å².